The van der Waals surface area contributed by atoms with Gasteiger partial charge in [-0.1, -0.05) is 19.1 Å². The molecule has 0 aromatic carbocycles. The van der Waals surface area contributed by atoms with Crippen LogP contribution in [0, 0.1) is 6.92 Å². The summed E-state index contributed by atoms with van der Waals surface area (Å²) in [5, 5.41) is 8.80. The molecule has 0 saturated heterocycles. The van der Waals surface area contributed by atoms with Gasteiger partial charge < -0.3 is 15.6 Å². The highest BCUT2D eigenvalue weighted by Gasteiger charge is 2.32. The first-order valence-electron chi connectivity index (χ1n) is 10.0. The molecule has 2 aliphatic rings. The van der Waals surface area contributed by atoms with Gasteiger partial charge in [-0.25, -0.2) is 4.98 Å². The number of pyridine rings is 2. The minimum absolute atomic E-state index is 0.0962. The van der Waals surface area contributed by atoms with Crippen molar-refractivity contribution in [2.45, 2.75) is 32.1 Å². The van der Waals surface area contributed by atoms with Gasteiger partial charge in [0.2, 0.25) is 5.56 Å². The normalized spacial score (nSPS) is 20.7. The van der Waals surface area contributed by atoms with Crippen LogP contribution in [-0.2, 0) is 0 Å². The molecule has 2 atom stereocenters. The monoisotopic (exact) mass is 401 g/mol. The van der Waals surface area contributed by atoms with E-state index in [2.05, 4.69) is 48.7 Å². The summed E-state index contributed by atoms with van der Waals surface area (Å²) >= 11 is 0. The molecule has 3 aromatic heterocycles. The summed E-state index contributed by atoms with van der Waals surface area (Å²) < 4.78 is 2.16. The highest BCUT2D eigenvalue weighted by molar-refractivity contribution is 5.72. The molecule has 30 heavy (non-hydrogen) atoms. The molecule has 1 aliphatic heterocycles. The Balaban J connectivity index is 1.64. The fourth-order valence-electron chi connectivity index (χ4n) is 4.30. The van der Waals surface area contributed by atoms with Crippen LogP contribution in [0.5, 0.6) is 0 Å². The third-order valence-corrected chi connectivity index (χ3v) is 5.83. The predicted octanol–water partition coefficient (Wildman–Crippen LogP) is 2.79. The maximum atomic E-state index is 11.5. The molecule has 3 aromatic rings. The number of aromatic nitrogens is 5. The largest absolute Gasteiger partial charge is 0.384 e. The SMILES string of the molecule is Cc1nnc2n1C1=C(CC(c3ccc(=O)[nH]c3)C=C1)N(c1ccc(N)nc1)CC2C. The number of nitrogens with one attached hydrogen (secondary N) is 1. The Morgan fingerprint density at radius 2 is 2.07 bits per heavy atom. The molecule has 4 heterocycles. The number of hydrogen-bond acceptors (Lipinski definition) is 6. The van der Waals surface area contributed by atoms with Crippen LogP contribution >= 0.6 is 0 Å². The van der Waals surface area contributed by atoms with Crippen LogP contribution in [0.2, 0.25) is 0 Å². The minimum Gasteiger partial charge on any atom is -0.384 e. The number of nitrogens with zero attached hydrogens (tertiary/aromatic N) is 5. The van der Waals surface area contributed by atoms with Gasteiger partial charge in [0.05, 0.1) is 17.6 Å². The van der Waals surface area contributed by atoms with Crippen LogP contribution in [-0.4, -0.2) is 31.3 Å². The zero-order chi connectivity index (χ0) is 20.8. The molecule has 8 heteroatoms. The summed E-state index contributed by atoms with van der Waals surface area (Å²) in [6.07, 6.45) is 8.73. The zero-order valence-corrected chi connectivity index (χ0v) is 16.9. The summed E-state index contributed by atoms with van der Waals surface area (Å²) in [6.45, 7) is 4.91. The topological polar surface area (TPSA) is 106 Å². The van der Waals surface area contributed by atoms with E-state index in [0.717, 1.165) is 41.6 Å². The number of nitrogens with two attached hydrogens (primary N) is 1. The second kappa shape index (κ2) is 6.98. The molecule has 0 spiro atoms. The average Bonchev–Trinajstić information content (AvgIpc) is 3.08. The number of fused-ring (bicyclic) bond motifs is 2. The van der Waals surface area contributed by atoms with Gasteiger partial charge >= 0.3 is 0 Å². The molecule has 5 rings (SSSR count). The first kappa shape index (κ1) is 18.4. The average molecular weight is 401 g/mol. The van der Waals surface area contributed by atoms with Crippen LogP contribution in [0.1, 0.15) is 42.4 Å². The number of anilines is 2. The number of hydrogen-bond donors (Lipinski definition) is 2. The van der Waals surface area contributed by atoms with Crippen molar-refractivity contribution in [3.05, 3.63) is 82.1 Å². The number of nitrogen functional groups attached to an aromatic ring is 1. The molecule has 0 bridgehead atoms. The fraction of sp³-hybridized carbons (Fsp3) is 0.273. The predicted molar refractivity (Wildman–Crippen MR) is 116 cm³/mol. The van der Waals surface area contributed by atoms with Gasteiger partial charge in [0.25, 0.3) is 0 Å². The first-order valence-corrected chi connectivity index (χ1v) is 10.0. The van der Waals surface area contributed by atoms with Crippen molar-refractivity contribution in [1.82, 2.24) is 24.7 Å². The summed E-state index contributed by atoms with van der Waals surface area (Å²) in [5.74, 6) is 2.65. The smallest absolute Gasteiger partial charge is 0.247 e. The molecular weight excluding hydrogens is 378 g/mol. The molecule has 3 N–H and O–H groups in total. The third-order valence-electron chi connectivity index (χ3n) is 5.83. The van der Waals surface area contributed by atoms with Crippen molar-refractivity contribution in [3.8, 4) is 0 Å². The Kier molecular flexibility index (Phi) is 4.27. The van der Waals surface area contributed by atoms with Crippen molar-refractivity contribution in [2.24, 2.45) is 0 Å². The first-order chi connectivity index (χ1) is 14.5. The van der Waals surface area contributed by atoms with Gasteiger partial charge in [-0.05, 0) is 30.7 Å². The Morgan fingerprint density at radius 3 is 2.80 bits per heavy atom. The van der Waals surface area contributed by atoms with Crippen LogP contribution in [0.15, 0.2) is 59.3 Å². The summed E-state index contributed by atoms with van der Waals surface area (Å²) in [7, 11) is 0. The zero-order valence-electron chi connectivity index (χ0n) is 16.9. The van der Waals surface area contributed by atoms with E-state index in [4.69, 9.17) is 5.73 Å². The standard InChI is InChI=1S/C22H23N7O/c1-13-12-28(17-5-7-20(23)24-11-17)19-9-15(16-4-8-21(30)25-10-16)3-6-18(19)29-14(2)26-27-22(13)29/h3-8,10-11,13,15H,9,12H2,1-2H3,(H2,23,24)(H,25,30). The highest BCUT2D eigenvalue weighted by atomic mass is 16.1. The molecule has 1 aliphatic carbocycles. The van der Waals surface area contributed by atoms with Gasteiger partial charge in [0.1, 0.15) is 17.5 Å². The maximum absolute atomic E-state index is 11.5. The number of rotatable bonds is 2. The molecule has 0 radical (unpaired) electrons. The number of H-pyrrole nitrogens is 1. The van der Waals surface area contributed by atoms with Gasteiger partial charge in [0.15, 0.2) is 0 Å². The number of allylic oxidation sites excluding steroid dienone is 4. The minimum atomic E-state index is -0.0962. The quantitative estimate of drug-likeness (QED) is 0.684. The second-order valence-electron chi connectivity index (χ2n) is 7.88. The van der Waals surface area contributed by atoms with E-state index in [9.17, 15) is 4.79 Å². The number of aromatic amines is 1. The van der Waals surface area contributed by atoms with E-state index in [1.54, 1.807) is 12.3 Å². The lowest BCUT2D eigenvalue weighted by atomic mass is 9.90. The lowest BCUT2D eigenvalue weighted by Crippen LogP contribution is -2.28. The second-order valence-corrected chi connectivity index (χ2v) is 7.88. The molecule has 0 saturated carbocycles. The Morgan fingerprint density at radius 1 is 1.20 bits per heavy atom. The summed E-state index contributed by atoms with van der Waals surface area (Å²) in [6, 6.07) is 7.30. The van der Waals surface area contributed by atoms with Crippen LogP contribution in [0.4, 0.5) is 11.5 Å². The lowest BCUT2D eigenvalue weighted by Gasteiger charge is -2.32. The van der Waals surface area contributed by atoms with Crippen molar-refractivity contribution < 1.29 is 0 Å². The van der Waals surface area contributed by atoms with E-state index < -0.39 is 0 Å². The summed E-state index contributed by atoms with van der Waals surface area (Å²) in [4.78, 5) is 20.9. The fourth-order valence-corrected chi connectivity index (χ4v) is 4.30. The van der Waals surface area contributed by atoms with E-state index in [-0.39, 0.29) is 17.4 Å². The molecule has 152 valence electrons. The molecule has 2 unspecified atom stereocenters. The molecular formula is C22H23N7O. The van der Waals surface area contributed by atoms with E-state index >= 15 is 0 Å². The van der Waals surface area contributed by atoms with E-state index in [0.29, 0.717) is 5.82 Å². The summed E-state index contributed by atoms with van der Waals surface area (Å²) in [5.41, 5.74) is 10.1. The van der Waals surface area contributed by atoms with Gasteiger partial charge in [0, 0.05) is 42.8 Å². The highest BCUT2D eigenvalue weighted by Crippen LogP contribution is 2.40. The van der Waals surface area contributed by atoms with Crippen molar-refractivity contribution in [1.29, 1.82) is 0 Å². The van der Waals surface area contributed by atoms with E-state index in [1.165, 1.54) is 5.70 Å². The number of aryl methyl sites for hydroxylation is 1. The van der Waals surface area contributed by atoms with Crippen LogP contribution in [0.25, 0.3) is 5.70 Å². The van der Waals surface area contributed by atoms with Crippen LogP contribution in [0.3, 0.4) is 0 Å². The molecule has 8 nitrogen and oxygen atoms in total. The van der Waals surface area contributed by atoms with Gasteiger partial charge in [-0.15, -0.1) is 10.2 Å². The van der Waals surface area contributed by atoms with Gasteiger partial charge in [-0.2, -0.15) is 0 Å². The Hall–Kier alpha value is -3.68. The van der Waals surface area contributed by atoms with E-state index in [1.807, 2.05) is 31.3 Å². The Labute approximate surface area is 173 Å². The van der Waals surface area contributed by atoms with Crippen LogP contribution < -0.4 is 16.2 Å². The lowest BCUT2D eigenvalue weighted by molar-refractivity contribution is 0.675. The molecule has 0 amide bonds. The van der Waals surface area contributed by atoms with Crippen molar-refractivity contribution in [3.63, 3.8) is 0 Å². The van der Waals surface area contributed by atoms with Gasteiger partial charge in [-0.3, -0.25) is 9.36 Å². The molecule has 0 fully saturated rings. The third kappa shape index (κ3) is 3.01. The maximum Gasteiger partial charge on any atom is 0.247 e. The van der Waals surface area contributed by atoms with Crippen molar-refractivity contribution >= 4 is 17.2 Å². The van der Waals surface area contributed by atoms with Crippen molar-refractivity contribution in [2.75, 3.05) is 17.2 Å². The Bertz CT molecular complexity index is 1200.